The van der Waals surface area contributed by atoms with Gasteiger partial charge in [-0.15, -0.1) is 0 Å². The number of nitrogens with zero attached hydrogens (tertiary/aromatic N) is 1. The lowest BCUT2D eigenvalue weighted by Gasteiger charge is -2.20. The van der Waals surface area contributed by atoms with Crippen LogP contribution in [0.1, 0.15) is 13.8 Å². The molecule has 8 nitrogen and oxygen atoms in total. The minimum Gasteiger partial charge on any atom is -0.326 e. The van der Waals surface area contributed by atoms with Crippen LogP contribution >= 0.6 is 0 Å². The quantitative estimate of drug-likeness (QED) is 0.546. The first-order chi connectivity index (χ1) is 13.8. The van der Waals surface area contributed by atoms with Crippen molar-refractivity contribution in [2.75, 3.05) is 36.8 Å². The van der Waals surface area contributed by atoms with Crippen molar-refractivity contribution in [3.63, 3.8) is 0 Å². The molecule has 2 rings (SSSR count). The fraction of sp³-hybridized carbons (Fsp3) is 0.300. The predicted octanol–water partition coefficient (Wildman–Crippen LogP) is 1.88. The SMILES string of the molecule is CCN(CCNS(=O)(=O)c1ccccc1)CC(=O)Nc1ccc(NC(C)=O)cc1. The number of hydrogen-bond acceptors (Lipinski definition) is 5. The molecule has 0 atom stereocenters. The molecule has 2 aromatic carbocycles. The molecule has 0 heterocycles. The standard InChI is InChI=1S/C20H26N4O4S/c1-3-24(14-13-21-29(27,28)19-7-5-4-6-8-19)15-20(26)23-18-11-9-17(10-12-18)22-16(2)25/h4-12,21H,3,13-15H2,1-2H3,(H,22,25)(H,23,26). The summed E-state index contributed by atoms with van der Waals surface area (Å²) >= 11 is 0. The number of hydrogen-bond donors (Lipinski definition) is 3. The van der Waals surface area contributed by atoms with Crippen LogP contribution in [0.15, 0.2) is 59.5 Å². The van der Waals surface area contributed by atoms with E-state index >= 15 is 0 Å². The molecule has 0 aliphatic carbocycles. The molecule has 0 bridgehead atoms. The van der Waals surface area contributed by atoms with Crippen molar-refractivity contribution in [3.05, 3.63) is 54.6 Å². The molecule has 0 spiro atoms. The van der Waals surface area contributed by atoms with E-state index in [4.69, 9.17) is 0 Å². The van der Waals surface area contributed by atoms with Crippen molar-refractivity contribution >= 4 is 33.2 Å². The van der Waals surface area contributed by atoms with E-state index in [2.05, 4.69) is 15.4 Å². The van der Waals surface area contributed by atoms with E-state index in [-0.39, 0.29) is 29.8 Å². The largest absolute Gasteiger partial charge is 0.326 e. The van der Waals surface area contributed by atoms with Crippen molar-refractivity contribution in [2.24, 2.45) is 0 Å². The fourth-order valence-corrected chi connectivity index (χ4v) is 3.66. The molecule has 0 saturated carbocycles. The Morgan fingerprint density at radius 2 is 1.52 bits per heavy atom. The highest BCUT2D eigenvalue weighted by atomic mass is 32.2. The monoisotopic (exact) mass is 418 g/mol. The van der Waals surface area contributed by atoms with Crippen LogP contribution in [0.5, 0.6) is 0 Å². The molecule has 3 N–H and O–H groups in total. The van der Waals surface area contributed by atoms with Gasteiger partial charge >= 0.3 is 0 Å². The Balaban J connectivity index is 1.81. The van der Waals surface area contributed by atoms with E-state index in [1.807, 2.05) is 11.8 Å². The molecule has 0 unspecified atom stereocenters. The molecule has 2 aromatic rings. The molecule has 2 amide bonds. The number of carbonyl (C=O) groups is 2. The summed E-state index contributed by atoms with van der Waals surface area (Å²) < 4.78 is 27.0. The van der Waals surface area contributed by atoms with Crippen LogP contribution in [-0.4, -0.2) is 51.3 Å². The zero-order valence-corrected chi connectivity index (χ0v) is 17.3. The van der Waals surface area contributed by atoms with Crippen LogP contribution in [0.4, 0.5) is 11.4 Å². The summed E-state index contributed by atoms with van der Waals surface area (Å²) in [5.74, 6) is -0.367. The fourth-order valence-electron chi connectivity index (χ4n) is 2.61. The van der Waals surface area contributed by atoms with Crippen LogP contribution < -0.4 is 15.4 Å². The molecule has 9 heteroatoms. The first-order valence-electron chi connectivity index (χ1n) is 9.24. The van der Waals surface area contributed by atoms with E-state index in [1.165, 1.54) is 19.1 Å². The van der Waals surface area contributed by atoms with Gasteiger partial charge in [0.1, 0.15) is 0 Å². The van der Waals surface area contributed by atoms with E-state index in [0.29, 0.717) is 24.5 Å². The highest BCUT2D eigenvalue weighted by Crippen LogP contribution is 2.13. The normalized spacial score (nSPS) is 11.3. The van der Waals surface area contributed by atoms with Gasteiger partial charge in [-0.1, -0.05) is 25.1 Å². The molecular formula is C20H26N4O4S. The summed E-state index contributed by atoms with van der Waals surface area (Å²) in [6, 6.07) is 15.0. The maximum absolute atomic E-state index is 12.3. The second kappa shape index (κ2) is 10.7. The Morgan fingerprint density at radius 1 is 0.931 bits per heavy atom. The molecule has 29 heavy (non-hydrogen) atoms. The van der Waals surface area contributed by atoms with Gasteiger partial charge < -0.3 is 10.6 Å². The second-order valence-corrected chi connectivity index (χ2v) is 8.15. The average Bonchev–Trinajstić information content (AvgIpc) is 2.69. The number of benzene rings is 2. The minimum absolute atomic E-state index is 0.136. The summed E-state index contributed by atoms with van der Waals surface area (Å²) in [6.07, 6.45) is 0. The highest BCUT2D eigenvalue weighted by molar-refractivity contribution is 7.89. The van der Waals surface area contributed by atoms with Gasteiger partial charge in [0.15, 0.2) is 0 Å². The first kappa shape index (κ1) is 22.5. The third-order valence-corrected chi connectivity index (χ3v) is 5.55. The summed E-state index contributed by atoms with van der Waals surface area (Å²) in [7, 11) is -3.56. The summed E-state index contributed by atoms with van der Waals surface area (Å²) in [5, 5.41) is 5.45. The van der Waals surface area contributed by atoms with E-state index in [9.17, 15) is 18.0 Å². The van der Waals surface area contributed by atoms with Crippen molar-refractivity contribution in [1.82, 2.24) is 9.62 Å². The Kier molecular flexibility index (Phi) is 8.32. The molecule has 156 valence electrons. The van der Waals surface area contributed by atoms with Crippen LogP contribution in [-0.2, 0) is 19.6 Å². The lowest BCUT2D eigenvalue weighted by Crippen LogP contribution is -2.39. The third-order valence-electron chi connectivity index (χ3n) is 4.08. The van der Waals surface area contributed by atoms with E-state index in [0.717, 1.165) is 0 Å². The number of sulfonamides is 1. The lowest BCUT2D eigenvalue weighted by molar-refractivity contribution is -0.117. The maximum atomic E-state index is 12.3. The third kappa shape index (κ3) is 7.65. The van der Waals surface area contributed by atoms with Gasteiger partial charge in [-0.3, -0.25) is 14.5 Å². The van der Waals surface area contributed by atoms with Gasteiger partial charge in [0.25, 0.3) is 0 Å². The maximum Gasteiger partial charge on any atom is 0.240 e. The van der Waals surface area contributed by atoms with Crippen LogP contribution in [0.2, 0.25) is 0 Å². The molecule has 0 radical (unpaired) electrons. The molecular weight excluding hydrogens is 392 g/mol. The Labute approximate surface area is 171 Å². The van der Waals surface area contributed by atoms with Crippen LogP contribution in [0.3, 0.4) is 0 Å². The number of amides is 2. The molecule has 0 fully saturated rings. The Morgan fingerprint density at radius 3 is 2.07 bits per heavy atom. The van der Waals surface area contributed by atoms with Crippen LogP contribution in [0.25, 0.3) is 0 Å². The lowest BCUT2D eigenvalue weighted by atomic mass is 10.2. The predicted molar refractivity (Wildman–Crippen MR) is 113 cm³/mol. The number of carbonyl (C=O) groups excluding carboxylic acids is 2. The molecule has 0 saturated heterocycles. The van der Waals surface area contributed by atoms with Crippen LogP contribution in [0, 0.1) is 0 Å². The van der Waals surface area contributed by atoms with Gasteiger partial charge in [0, 0.05) is 31.4 Å². The van der Waals surface area contributed by atoms with Crippen molar-refractivity contribution in [2.45, 2.75) is 18.7 Å². The highest BCUT2D eigenvalue weighted by Gasteiger charge is 2.14. The minimum atomic E-state index is -3.56. The van der Waals surface area contributed by atoms with E-state index < -0.39 is 10.0 Å². The summed E-state index contributed by atoms with van der Waals surface area (Å²) in [4.78, 5) is 25.3. The molecule has 0 aliphatic rings. The topological polar surface area (TPSA) is 108 Å². The van der Waals surface area contributed by atoms with Crippen molar-refractivity contribution in [1.29, 1.82) is 0 Å². The number of anilines is 2. The zero-order valence-electron chi connectivity index (χ0n) is 16.5. The number of rotatable bonds is 10. The van der Waals surface area contributed by atoms with Gasteiger partial charge in [-0.2, -0.15) is 0 Å². The number of likely N-dealkylation sites (N-methyl/N-ethyl adjacent to an activating group) is 1. The van der Waals surface area contributed by atoms with Gasteiger partial charge in [0.2, 0.25) is 21.8 Å². The second-order valence-electron chi connectivity index (χ2n) is 6.39. The van der Waals surface area contributed by atoms with Gasteiger partial charge in [-0.25, -0.2) is 13.1 Å². The summed E-state index contributed by atoms with van der Waals surface area (Å²) in [5.41, 5.74) is 1.27. The van der Waals surface area contributed by atoms with E-state index in [1.54, 1.807) is 42.5 Å². The average molecular weight is 419 g/mol. The molecule has 0 aliphatic heterocycles. The Bertz CT molecular complexity index is 915. The summed E-state index contributed by atoms with van der Waals surface area (Å²) in [6.45, 7) is 4.66. The van der Waals surface area contributed by atoms with Crippen molar-refractivity contribution in [3.8, 4) is 0 Å². The smallest absolute Gasteiger partial charge is 0.240 e. The van der Waals surface area contributed by atoms with Gasteiger partial charge in [0.05, 0.1) is 11.4 Å². The molecule has 0 aromatic heterocycles. The first-order valence-corrected chi connectivity index (χ1v) is 10.7. The number of nitrogens with one attached hydrogen (secondary N) is 3. The van der Waals surface area contributed by atoms with Crippen molar-refractivity contribution < 1.29 is 18.0 Å². The Hall–Kier alpha value is -2.75. The van der Waals surface area contributed by atoms with Gasteiger partial charge in [-0.05, 0) is 42.9 Å². The zero-order chi connectivity index (χ0) is 21.3.